The number of carbonyl (C=O) groups is 4. The van der Waals surface area contributed by atoms with Crippen LogP contribution in [0.3, 0.4) is 0 Å². The van der Waals surface area contributed by atoms with Crippen LogP contribution in [0.5, 0.6) is 0 Å². The lowest BCUT2D eigenvalue weighted by Crippen LogP contribution is -2.47. The fourth-order valence-corrected chi connectivity index (χ4v) is 3.74. The van der Waals surface area contributed by atoms with E-state index in [9.17, 15) is 24.3 Å². The maximum atomic E-state index is 13.0. The number of nitrogens with zero attached hydrogens (tertiary/aromatic N) is 1. The molecule has 10 heteroatoms. The highest BCUT2D eigenvalue weighted by molar-refractivity contribution is 6.07. The zero-order valence-corrected chi connectivity index (χ0v) is 15.8. The number of ketones is 1. The molecule has 2 aliphatic rings. The van der Waals surface area contributed by atoms with E-state index in [1.54, 1.807) is 0 Å². The molecule has 1 amide bonds. The highest BCUT2D eigenvalue weighted by atomic mass is 17.2. The van der Waals surface area contributed by atoms with E-state index in [0.717, 1.165) is 25.9 Å². The van der Waals surface area contributed by atoms with Gasteiger partial charge < -0.3 is 20.4 Å². The first kappa shape index (κ1) is 20.9. The van der Waals surface area contributed by atoms with Gasteiger partial charge in [-0.25, -0.2) is 19.4 Å². The molecule has 10 nitrogen and oxygen atoms in total. The summed E-state index contributed by atoms with van der Waals surface area (Å²) in [6.45, 7) is 1.87. The molecule has 1 aliphatic heterocycles. The van der Waals surface area contributed by atoms with Gasteiger partial charge in [-0.05, 0) is 25.9 Å². The van der Waals surface area contributed by atoms with Gasteiger partial charge in [-0.3, -0.25) is 9.59 Å². The molecule has 0 spiro atoms. The molecule has 1 atom stereocenters. The molecule has 0 saturated carbocycles. The van der Waals surface area contributed by atoms with Crippen molar-refractivity contribution >= 4 is 23.6 Å². The molecule has 3 N–H and O–H groups in total. The predicted octanol–water partition coefficient (Wildman–Crippen LogP) is 0.144. The monoisotopic (exact) mass is 406 g/mol. The molecule has 1 aromatic rings. The third kappa shape index (κ3) is 4.00. The molecule has 0 aromatic heterocycles. The van der Waals surface area contributed by atoms with Crippen LogP contribution in [0.4, 0.5) is 0 Å². The summed E-state index contributed by atoms with van der Waals surface area (Å²) in [4.78, 5) is 58.5. The molecule has 1 heterocycles. The van der Waals surface area contributed by atoms with Gasteiger partial charge in [-0.15, -0.1) is 0 Å². The van der Waals surface area contributed by atoms with E-state index in [0.29, 0.717) is 0 Å². The minimum atomic E-state index is -2.01. The number of benzene rings is 1. The quantitative estimate of drug-likeness (QED) is 0.296. The van der Waals surface area contributed by atoms with Gasteiger partial charge in [0.1, 0.15) is 0 Å². The largest absolute Gasteiger partial charge is 0.479 e. The summed E-state index contributed by atoms with van der Waals surface area (Å²) in [6.07, 6.45) is 1.45. The molecule has 3 rings (SSSR count). The normalized spacial score (nSPS) is 20.6. The van der Waals surface area contributed by atoms with Crippen LogP contribution >= 0.6 is 0 Å². The Morgan fingerprint density at radius 3 is 2.48 bits per heavy atom. The zero-order valence-electron chi connectivity index (χ0n) is 15.8. The van der Waals surface area contributed by atoms with Crippen molar-refractivity contribution in [2.45, 2.75) is 31.4 Å². The van der Waals surface area contributed by atoms with Crippen LogP contribution in [0.2, 0.25) is 0 Å². The lowest BCUT2D eigenvalue weighted by Gasteiger charge is -2.33. The molecule has 0 bridgehead atoms. The third-order valence-corrected chi connectivity index (χ3v) is 5.17. The number of rotatable bonds is 9. The van der Waals surface area contributed by atoms with Crippen molar-refractivity contribution in [2.24, 2.45) is 0 Å². The van der Waals surface area contributed by atoms with Crippen LogP contribution in [-0.4, -0.2) is 71.0 Å². The maximum Gasteiger partial charge on any atom is 0.348 e. The summed E-state index contributed by atoms with van der Waals surface area (Å²) in [6, 6.07) is 4.39. The number of nitrogens with one attached hydrogen (secondary N) is 1. The third-order valence-electron chi connectivity index (χ3n) is 5.17. The Labute approximate surface area is 166 Å². The summed E-state index contributed by atoms with van der Waals surface area (Å²) in [5.74, 6) is -3.39. The summed E-state index contributed by atoms with van der Waals surface area (Å²) < 4.78 is 0. The van der Waals surface area contributed by atoms with Gasteiger partial charge in [-0.1, -0.05) is 18.2 Å². The first-order valence-electron chi connectivity index (χ1n) is 9.20. The fourth-order valence-electron chi connectivity index (χ4n) is 3.74. The van der Waals surface area contributed by atoms with E-state index in [2.05, 4.69) is 10.2 Å². The minimum absolute atomic E-state index is 0.0653. The number of piperidine rings is 1. The van der Waals surface area contributed by atoms with E-state index in [4.69, 9.17) is 9.99 Å². The topological polar surface area (TPSA) is 142 Å². The number of hydrogen-bond donors (Lipinski definition) is 3. The summed E-state index contributed by atoms with van der Waals surface area (Å²) >= 11 is 0. The Hall–Kier alpha value is -2.82. The molecule has 0 radical (unpaired) electrons. The van der Waals surface area contributed by atoms with Gasteiger partial charge in [0.25, 0.3) is 5.60 Å². The molecule has 1 unspecified atom stereocenters. The molecule has 1 aliphatic carbocycles. The Balaban J connectivity index is 1.81. The van der Waals surface area contributed by atoms with Gasteiger partial charge in [-0.2, -0.15) is 0 Å². The van der Waals surface area contributed by atoms with Gasteiger partial charge in [0, 0.05) is 29.7 Å². The van der Waals surface area contributed by atoms with Crippen molar-refractivity contribution in [1.29, 1.82) is 0 Å². The van der Waals surface area contributed by atoms with Crippen molar-refractivity contribution < 1.29 is 39.2 Å². The second kappa shape index (κ2) is 8.27. The standard InChI is InChI=1S/C19H22N2O8/c1-11(22)21(12-5-7-20-8-6-12)9-15(23)13-3-2-4-14-17(13)19(14,18(26)27)29-28-10-16(24)25/h2-4,12,20H,5-10H2,1H3,(H,24,25)(H,26,27). The highest BCUT2D eigenvalue weighted by Gasteiger charge is 2.63. The summed E-state index contributed by atoms with van der Waals surface area (Å²) in [5, 5.41) is 21.5. The van der Waals surface area contributed by atoms with Gasteiger partial charge in [0.2, 0.25) is 5.91 Å². The Morgan fingerprint density at radius 1 is 1.21 bits per heavy atom. The first-order valence-corrected chi connectivity index (χ1v) is 9.20. The highest BCUT2D eigenvalue weighted by Crippen LogP contribution is 2.53. The molecule has 1 saturated heterocycles. The number of hydrogen-bond acceptors (Lipinski definition) is 7. The van der Waals surface area contributed by atoms with E-state index in [1.165, 1.54) is 30.0 Å². The molecule has 1 fully saturated rings. The van der Waals surface area contributed by atoms with Gasteiger partial charge in [0.15, 0.2) is 12.4 Å². The van der Waals surface area contributed by atoms with Crippen LogP contribution in [0.25, 0.3) is 0 Å². The average molecular weight is 406 g/mol. The van der Waals surface area contributed by atoms with Crippen LogP contribution < -0.4 is 5.32 Å². The smallest absolute Gasteiger partial charge is 0.348 e. The van der Waals surface area contributed by atoms with Crippen LogP contribution in [-0.2, 0) is 29.8 Å². The van der Waals surface area contributed by atoms with Crippen molar-refractivity contribution in [3.63, 3.8) is 0 Å². The van der Waals surface area contributed by atoms with E-state index in [1.807, 2.05) is 0 Å². The number of Topliss-reactive ketones (excluding diaryl/α,β-unsaturated/α-hetero) is 1. The number of carbonyl (C=O) groups excluding carboxylic acids is 2. The van der Waals surface area contributed by atoms with E-state index < -0.39 is 29.9 Å². The van der Waals surface area contributed by atoms with Crippen molar-refractivity contribution in [1.82, 2.24) is 10.2 Å². The van der Waals surface area contributed by atoms with Crippen molar-refractivity contribution in [3.8, 4) is 0 Å². The number of aliphatic carboxylic acids is 2. The second-order valence-corrected chi connectivity index (χ2v) is 7.01. The van der Waals surface area contributed by atoms with Crippen LogP contribution in [0.15, 0.2) is 18.2 Å². The number of amides is 1. The molecular weight excluding hydrogens is 384 g/mol. The van der Waals surface area contributed by atoms with Crippen LogP contribution in [0.1, 0.15) is 41.3 Å². The maximum absolute atomic E-state index is 13.0. The fraction of sp³-hybridized carbons (Fsp3) is 0.474. The van der Waals surface area contributed by atoms with Crippen molar-refractivity contribution in [2.75, 3.05) is 26.2 Å². The summed E-state index contributed by atoms with van der Waals surface area (Å²) in [7, 11) is 0. The molecule has 156 valence electrons. The lowest BCUT2D eigenvalue weighted by atomic mass is 10.0. The van der Waals surface area contributed by atoms with Crippen LogP contribution in [0, 0.1) is 0 Å². The molecule has 1 aromatic carbocycles. The average Bonchev–Trinajstić information content (AvgIpc) is 3.35. The summed E-state index contributed by atoms with van der Waals surface area (Å²) in [5.41, 5.74) is -1.56. The van der Waals surface area contributed by atoms with Gasteiger partial charge >= 0.3 is 11.9 Å². The van der Waals surface area contributed by atoms with Crippen molar-refractivity contribution in [3.05, 3.63) is 34.9 Å². The SMILES string of the molecule is CC(=O)N(CC(=O)c1cccc2c1C2(OOCC(=O)O)C(=O)O)C1CCNCC1. The number of carboxylic acids is 2. The Kier molecular flexibility index (Phi) is 5.96. The second-order valence-electron chi connectivity index (χ2n) is 7.01. The molecule has 29 heavy (non-hydrogen) atoms. The van der Waals surface area contributed by atoms with E-state index in [-0.39, 0.29) is 35.2 Å². The predicted molar refractivity (Wildman–Crippen MR) is 97.1 cm³/mol. The Bertz CT molecular complexity index is 849. The zero-order chi connectivity index (χ0) is 21.2. The molecular formula is C19H22N2O8. The lowest BCUT2D eigenvalue weighted by molar-refractivity contribution is -0.333. The minimum Gasteiger partial charge on any atom is -0.479 e. The number of carboxylic acid groups (broad SMARTS) is 2. The van der Waals surface area contributed by atoms with E-state index >= 15 is 0 Å². The Morgan fingerprint density at radius 2 is 1.90 bits per heavy atom. The number of fused-ring (bicyclic) bond motifs is 1. The van der Waals surface area contributed by atoms with Gasteiger partial charge in [0.05, 0.1) is 6.54 Å². The first-order chi connectivity index (χ1) is 13.8.